The smallest absolute Gasteiger partial charge is 0.0393 e. The average Bonchev–Trinajstić information content (AvgIpc) is 3.09. The van der Waals surface area contributed by atoms with Gasteiger partial charge >= 0.3 is 0 Å². The number of para-hydroxylation sites is 1. The van der Waals surface area contributed by atoms with Crippen LogP contribution in [0.2, 0.25) is 0 Å². The van der Waals surface area contributed by atoms with Gasteiger partial charge in [0.25, 0.3) is 0 Å². The van der Waals surface area contributed by atoms with Crippen LogP contribution < -0.4 is 23.4 Å². The zero-order chi connectivity index (χ0) is 33.3. The Morgan fingerprint density at radius 2 is 1.04 bits per heavy atom. The van der Waals surface area contributed by atoms with Gasteiger partial charge in [0.05, 0.1) is 0 Å². The summed E-state index contributed by atoms with van der Waals surface area (Å²) in [7, 11) is -0.0651. The normalized spacial score (nSPS) is 15.5. The Kier molecular flexibility index (Phi) is 17.1. The maximum atomic E-state index is 5.85. The molecule has 0 unspecified atom stereocenters. The first kappa shape index (κ1) is 41.5. The van der Waals surface area contributed by atoms with E-state index in [-0.39, 0.29) is 40.8 Å². The van der Waals surface area contributed by atoms with Gasteiger partial charge in [0.2, 0.25) is 0 Å². The quantitative estimate of drug-likeness (QED) is 0.107. The van der Waals surface area contributed by atoms with Crippen LogP contribution in [-0.2, 0) is 20.4 Å². The molecule has 2 aliphatic carbocycles. The average molecular weight is 788 g/mol. The first-order chi connectivity index (χ1) is 22.7. The fourth-order valence-corrected chi connectivity index (χ4v) is 11.8. The Morgan fingerprint density at radius 3 is 1.53 bits per heavy atom. The molecule has 4 aromatic rings. The van der Waals surface area contributed by atoms with Crippen molar-refractivity contribution in [1.29, 1.82) is 0 Å². The van der Waals surface area contributed by atoms with Gasteiger partial charge in [0.15, 0.2) is 0 Å². The molecule has 0 atom stereocenters. The minimum atomic E-state index is -0.0651. The molecule has 0 saturated heterocycles. The Balaban J connectivity index is 0.000000364. The van der Waals surface area contributed by atoms with Gasteiger partial charge in [0.1, 0.15) is 0 Å². The van der Waals surface area contributed by atoms with E-state index >= 15 is 0 Å². The molecule has 0 amide bonds. The molecular weight excluding hydrogens is 727 g/mol. The van der Waals surface area contributed by atoms with Crippen molar-refractivity contribution in [2.75, 3.05) is 5.73 Å². The van der Waals surface area contributed by atoms with Gasteiger partial charge in [-0.3, -0.25) is 0 Å². The Labute approximate surface area is 320 Å². The topological polar surface area (TPSA) is 26.0 Å². The Morgan fingerprint density at radius 1 is 0.551 bits per heavy atom. The number of rotatable bonds is 8. The van der Waals surface area contributed by atoms with Gasteiger partial charge in [-0.1, -0.05) is 167 Å². The van der Waals surface area contributed by atoms with Crippen molar-refractivity contribution in [1.82, 2.24) is 0 Å². The van der Waals surface area contributed by atoms with E-state index in [0.29, 0.717) is 17.8 Å². The van der Waals surface area contributed by atoms with E-state index in [0.717, 1.165) is 22.6 Å². The van der Waals surface area contributed by atoms with E-state index in [2.05, 4.69) is 90.1 Å². The molecule has 49 heavy (non-hydrogen) atoms. The molecule has 0 bridgehead atoms. The van der Waals surface area contributed by atoms with Gasteiger partial charge in [-0.2, -0.15) is 0 Å². The van der Waals surface area contributed by atoms with Crippen LogP contribution in [-0.4, -0.2) is 11.3 Å². The summed E-state index contributed by atoms with van der Waals surface area (Å²) >= 11 is 0. The standard InChI is InChI=1S/C33H49P.C12H11N.ClH.Pd/c1-23(2)27-21-31(24(3)4)33(32(22-27)25(5)6)26-14-13-19-30(20-26)34(28-15-9-7-10-16-28)29-17-11-8-12-18-29;13-12-9-5-4-8-11(12)10-6-2-1-3-7-10;;/h13-14,19-25,28-29H,7-12,15-18H2,1-6H3;1-9H,13H2;1H;/p-1. The SMILES string of the molecule is CC(C)c1cc(C(C)C)c(-c2cccc(P(C3CCCCC3)C3CCCCC3)c2)c(C(C)C)c1.Nc1ccccc1-c1ccccc1.[Cl-].[Pd]. The van der Waals surface area contributed by atoms with E-state index in [1.807, 2.05) is 42.5 Å². The summed E-state index contributed by atoms with van der Waals surface area (Å²) < 4.78 is 0. The molecule has 4 heteroatoms. The number of halogens is 1. The number of nitrogens with two attached hydrogens (primary N) is 1. The maximum Gasteiger partial charge on any atom is 0.0393 e. The largest absolute Gasteiger partial charge is 1.00 e. The van der Waals surface area contributed by atoms with Gasteiger partial charge in [-0.25, -0.2) is 0 Å². The Hall–Kier alpha value is -1.94. The first-order valence-corrected chi connectivity index (χ1v) is 20.2. The summed E-state index contributed by atoms with van der Waals surface area (Å²) in [5.74, 6) is 1.64. The summed E-state index contributed by atoms with van der Waals surface area (Å²) in [6, 6.07) is 33.1. The van der Waals surface area contributed by atoms with Crippen molar-refractivity contribution in [3.63, 3.8) is 0 Å². The molecule has 2 saturated carbocycles. The minimum absolute atomic E-state index is 0. The molecule has 4 aromatic carbocycles. The summed E-state index contributed by atoms with van der Waals surface area (Å²) in [5, 5.41) is 1.71. The van der Waals surface area contributed by atoms with Gasteiger partial charge in [-0.15, -0.1) is 0 Å². The van der Waals surface area contributed by atoms with Gasteiger partial charge < -0.3 is 18.1 Å². The van der Waals surface area contributed by atoms with E-state index in [4.69, 9.17) is 5.73 Å². The van der Waals surface area contributed by atoms with Crippen molar-refractivity contribution in [2.24, 2.45) is 0 Å². The van der Waals surface area contributed by atoms with Crippen molar-refractivity contribution < 1.29 is 32.8 Å². The summed E-state index contributed by atoms with van der Waals surface area (Å²) in [4.78, 5) is 0. The van der Waals surface area contributed by atoms with E-state index in [1.54, 1.807) is 22.0 Å². The van der Waals surface area contributed by atoms with Crippen LogP contribution >= 0.6 is 7.92 Å². The number of hydrogen-bond donors (Lipinski definition) is 1. The molecule has 0 spiro atoms. The molecule has 2 fully saturated rings. The molecule has 0 aliphatic heterocycles. The van der Waals surface area contributed by atoms with Crippen LogP contribution in [0.4, 0.5) is 5.69 Å². The molecule has 0 aromatic heterocycles. The fraction of sp³-hybridized carbons (Fsp3) is 0.467. The zero-order valence-corrected chi connectivity index (χ0v) is 34.0. The Bertz CT molecular complexity index is 1510. The third kappa shape index (κ3) is 10.8. The molecule has 2 aliphatic rings. The van der Waals surface area contributed by atoms with Crippen LogP contribution in [0.25, 0.3) is 22.3 Å². The van der Waals surface area contributed by atoms with Crippen LogP contribution in [0.3, 0.4) is 0 Å². The second-order valence-corrected chi connectivity index (χ2v) is 17.8. The molecule has 1 nitrogen and oxygen atoms in total. The number of hydrogen-bond acceptors (Lipinski definition) is 1. The molecule has 2 N–H and O–H groups in total. The molecular formula is C45H60ClNPPd-. The summed E-state index contributed by atoms with van der Waals surface area (Å²) in [5.41, 5.74) is 18.5. The first-order valence-electron chi connectivity index (χ1n) is 18.7. The maximum absolute atomic E-state index is 5.85. The number of anilines is 1. The fourth-order valence-electron chi connectivity index (χ4n) is 7.93. The van der Waals surface area contributed by atoms with Crippen LogP contribution in [0.15, 0.2) is 91.0 Å². The molecule has 6 rings (SSSR count). The van der Waals surface area contributed by atoms with Crippen LogP contribution in [0.5, 0.6) is 0 Å². The summed E-state index contributed by atoms with van der Waals surface area (Å²) in [6.07, 6.45) is 14.7. The predicted molar refractivity (Wildman–Crippen MR) is 211 cm³/mol. The predicted octanol–water partition coefficient (Wildman–Crippen LogP) is 10.4. The zero-order valence-electron chi connectivity index (χ0n) is 30.8. The van der Waals surface area contributed by atoms with Crippen LogP contribution in [0, 0.1) is 0 Å². The number of benzene rings is 4. The second-order valence-electron chi connectivity index (χ2n) is 15.0. The van der Waals surface area contributed by atoms with Gasteiger partial charge in [-0.05, 0) is 106 Å². The number of nitrogen functional groups attached to an aromatic ring is 1. The summed E-state index contributed by atoms with van der Waals surface area (Å²) in [6.45, 7) is 14.2. The molecule has 0 heterocycles. The third-order valence-electron chi connectivity index (χ3n) is 10.5. The molecule has 268 valence electrons. The van der Waals surface area contributed by atoms with E-state index in [1.165, 1.54) is 80.9 Å². The minimum Gasteiger partial charge on any atom is -1.00 e. The van der Waals surface area contributed by atoms with Crippen LogP contribution in [0.1, 0.15) is 140 Å². The monoisotopic (exact) mass is 786 g/mol. The van der Waals surface area contributed by atoms with E-state index < -0.39 is 0 Å². The second kappa shape index (κ2) is 20.2. The molecule has 0 radical (unpaired) electrons. The van der Waals surface area contributed by atoms with Crippen molar-refractivity contribution >= 4 is 18.9 Å². The van der Waals surface area contributed by atoms with Crippen molar-refractivity contribution in [2.45, 2.75) is 135 Å². The van der Waals surface area contributed by atoms with Gasteiger partial charge in [0, 0.05) is 31.7 Å². The van der Waals surface area contributed by atoms with E-state index in [9.17, 15) is 0 Å². The van der Waals surface area contributed by atoms with Crippen molar-refractivity contribution in [3.05, 3.63) is 108 Å². The van der Waals surface area contributed by atoms with Crippen molar-refractivity contribution in [3.8, 4) is 22.3 Å². The third-order valence-corrected chi connectivity index (χ3v) is 14.0.